The van der Waals surface area contributed by atoms with E-state index in [1.807, 2.05) is 37.3 Å². The number of hydrogen-bond acceptors (Lipinski definition) is 4. The zero-order chi connectivity index (χ0) is 13.4. The van der Waals surface area contributed by atoms with Gasteiger partial charge >= 0.3 is 0 Å². The summed E-state index contributed by atoms with van der Waals surface area (Å²) < 4.78 is 5.62. The van der Waals surface area contributed by atoms with E-state index in [1.54, 1.807) is 6.08 Å². The highest BCUT2D eigenvalue weighted by Crippen LogP contribution is 2.22. The topological polar surface area (TPSA) is 26.3 Å². The molecule has 18 heavy (non-hydrogen) atoms. The molecule has 0 fully saturated rings. The van der Waals surface area contributed by atoms with Crippen LogP contribution in [0, 0.1) is 0 Å². The van der Waals surface area contributed by atoms with Crippen LogP contribution in [0.25, 0.3) is 0 Å². The number of carbonyl (C=O) groups is 1. The van der Waals surface area contributed by atoms with E-state index < -0.39 is 0 Å². The maximum Gasteiger partial charge on any atom is 0.220 e. The molecule has 1 unspecified atom stereocenters. The first-order chi connectivity index (χ1) is 8.69. The minimum absolute atomic E-state index is 0.0579. The van der Waals surface area contributed by atoms with Crippen molar-refractivity contribution in [1.29, 1.82) is 0 Å². The Morgan fingerprint density at radius 3 is 2.72 bits per heavy atom. The highest BCUT2D eigenvalue weighted by molar-refractivity contribution is 8.23. The van der Waals surface area contributed by atoms with Crippen LogP contribution in [0.1, 0.15) is 23.7 Å². The van der Waals surface area contributed by atoms with Gasteiger partial charge in [-0.05, 0) is 25.6 Å². The summed E-state index contributed by atoms with van der Waals surface area (Å²) in [4.78, 5) is 12.3. The number of Topliss-reactive ketones (excluding diaryl/α,β-unsaturated/α-hetero) is 1. The van der Waals surface area contributed by atoms with E-state index in [0.29, 0.717) is 23.0 Å². The molecule has 1 atom stereocenters. The molecule has 0 spiro atoms. The number of rotatable bonds is 6. The largest absolute Gasteiger partial charge is 0.479 e. The first-order valence-corrected chi connectivity index (χ1v) is 7.01. The third-order valence-corrected chi connectivity index (χ3v) is 3.64. The Balaban J connectivity index is 2.75. The van der Waals surface area contributed by atoms with Crippen molar-refractivity contribution in [3.63, 3.8) is 0 Å². The van der Waals surface area contributed by atoms with Gasteiger partial charge in [0, 0.05) is 5.56 Å². The molecule has 0 saturated carbocycles. The van der Waals surface area contributed by atoms with Crippen LogP contribution < -0.4 is 0 Å². The Bertz CT molecular complexity index is 415. The zero-order valence-electron chi connectivity index (χ0n) is 10.3. The Morgan fingerprint density at radius 2 is 2.17 bits per heavy atom. The third kappa shape index (κ3) is 4.63. The van der Waals surface area contributed by atoms with E-state index in [9.17, 15) is 4.79 Å². The molecule has 0 amide bonds. The molecule has 2 nitrogen and oxygen atoms in total. The molecule has 1 rings (SSSR count). The molecular formula is C14H16O2S2. The minimum atomic E-state index is -0.260. The lowest BCUT2D eigenvalue weighted by atomic mass is 10.1. The number of thiocarbonyl (C=S) groups is 1. The van der Waals surface area contributed by atoms with Gasteiger partial charge in [-0.1, -0.05) is 48.2 Å². The second kappa shape index (κ2) is 8.06. The summed E-state index contributed by atoms with van der Waals surface area (Å²) in [6.45, 7) is 6.07. The molecule has 1 aromatic carbocycles. The van der Waals surface area contributed by atoms with Crippen molar-refractivity contribution in [2.45, 2.75) is 18.6 Å². The van der Waals surface area contributed by atoms with Crippen molar-refractivity contribution in [3.05, 3.63) is 48.6 Å². The fourth-order valence-electron chi connectivity index (χ4n) is 1.42. The fraction of sp³-hybridized carbons (Fsp3) is 0.286. The minimum Gasteiger partial charge on any atom is -0.479 e. The van der Waals surface area contributed by atoms with Gasteiger partial charge in [-0.15, -0.1) is 6.58 Å². The normalized spacial score (nSPS) is 11.6. The quantitative estimate of drug-likeness (QED) is 0.449. The van der Waals surface area contributed by atoms with E-state index >= 15 is 0 Å². The fourth-order valence-corrected chi connectivity index (χ4v) is 2.78. The highest BCUT2D eigenvalue weighted by atomic mass is 32.2. The number of thioether (sulfide) groups is 1. The molecule has 0 bridgehead atoms. The summed E-state index contributed by atoms with van der Waals surface area (Å²) in [7, 11) is 0. The van der Waals surface area contributed by atoms with E-state index in [2.05, 4.69) is 6.58 Å². The Kier molecular flexibility index (Phi) is 6.68. The Morgan fingerprint density at radius 1 is 1.50 bits per heavy atom. The number of benzene rings is 1. The molecule has 0 saturated heterocycles. The average molecular weight is 280 g/mol. The number of ketones is 1. The maximum absolute atomic E-state index is 12.3. The number of allylic oxidation sites excluding steroid dienone is 1. The van der Waals surface area contributed by atoms with Crippen LogP contribution in [0.3, 0.4) is 0 Å². The molecular weight excluding hydrogens is 264 g/mol. The predicted molar refractivity (Wildman–Crippen MR) is 81.2 cm³/mol. The molecule has 0 aromatic heterocycles. The van der Waals surface area contributed by atoms with Crippen LogP contribution in [0.4, 0.5) is 0 Å². The summed E-state index contributed by atoms with van der Waals surface area (Å²) in [6, 6.07) is 9.20. The van der Waals surface area contributed by atoms with Crippen LogP contribution >= 0.6 is 24.0 Å². The molecule has 1 aromatic rings. The van der Waals surface area contributed by atoms with Crippen LogP contribution in [0.2, 0.25) is 0 Å². The molecule has 0 aliphatic carbocycles. The lowest BCUT2D eigenvalue weighted by molar-refractivity contribution is 0.0990. The van der Waals surface area contributed by atoms with Crippen molar-refractivity contribution in [1.82, 2.24) is 0 Å². The van der Waals surface area contributed by atoms with Crippen molar-refractivity contribution in [3.8, 4) is 0 Å². The standard InChI is InChI=1S/C14H16O2S2/c1-3-8-12(18-14(17)16-4-2)13(15)11-9-6-5-7-10-11/h3,5-7,9-10,12H,1,4,8H2,2H3. The van der Waals surface area contributed by atoms with Crippen LogP contribution in [0.15, 0.2) is 43.0 Å². The molecule has 96 valence electrons. The van der Waals surface area contributed by atoms with Crippen LogP contribution in [-0.4, -0.2) is 22.0 Å². The lowest BCUT2D eigenvalue weighted by Gasteiger charge is -2.14. The first kappa shape index (κ1) is 14.9. The van der Waals surface area contributed by atoms with Gasteiger partial charge in [-0.2, -0.15) is 0 Å². The smallest absolute Gasteiger partial charge is 0.220 e. The summed E-state index contributed by atoms with van der Waals surface area (Å²) >= 11 is 6.35. The van der Waals surface area contributed by atoms with E-state index in [-0.39, 0.29) is 11.0 Å². The van der Waals surface area contributed by atoms with Crippen molar-refractivity contribution in [2.24, 2.45) is 0 Å². The summed E-state index contributed by atoms with van der Waals surface area (Å²) in [5.41, 5.74) is 0.691. The van der Waals surface area contributed by atoms with E-state index in [1.165, 1.54) is 11.8 Å². The summed E-state index contributed by atoms with van der Waals surface area (Å²) in [5.74, 6) is 0.0579. The number of carbonyl (C=O) groups excluding carboxylic acids is 1. The van der Waals surface area contributed by atoms with Crippen molar-refractivity contribution < 1.29 is 9.53 Å². The Hall–Kier alpha value is -1.13. The van der Waals surface area contributed by atoms with Gasteiger partial charge in [-0.25, -0.2) is 0 Å². The van der Waals surface area contributed by atoms with Crippen molar-refractivity contribution >= 4 is 34.1 Å². The van der Waals surface area contributed by atoms with Gasteiger partial charge < -0.3 is 4.74 Å². The van der Waals surface area contributed by atoms with Gasteiger partial charge in [0.15, 0.2) is 5.78 Å². The second-order valence-electron chi connectivity index (χ2n) is 3.54. The van der Waals surface area contributed by atoms with Gasteiger partial charge in [0.1, 0.15) is 0 Å². The lowest BCUT2D eigenvalue weighted by Crippen LogP contribution is -2.19. The monoisotopic (exact) mass is 280 g/mol. The van der Waals surface area contributed by atoms with Gasteiger partial charge in [0.2, 0.25) is 4.38 Å². The predicted octanol–water partition coefficient (Wildman–Crippen LogP) is 3.87. The van der Waals surface area contributed by atoms with Crippen LogP contribution in [0.5, 0.6) is 0 Å². The molecule has 0 aliphatic rings. The zero-order valence-corrected chi connectivity index (χ0v) is 11.9. The molecule has 4 heteroatoms. The first-order valence-electron chi connectivity index (χ1n) is 5.72. The third-order valence-electron chi connectivity index (χ3n) is 2.23. The van der Waals surface area contributed by atoms with E-state index in [4.69, 9.17) is 17.0 Å². The van der Waals surface area contributed by atoms with Gasteiger partial charge in [0.25, 0.3) is 0 Å². The molecule has 0 N–H and O–H groups in total. The van der Waals surface area contributed by atoms with E-state index in [0.717, 1.165) is 0 Å². The van der Waals surface area contributed by atoms with Gasteiger partial charge in [0.05, 0.1) is 11.9 Å². The molecule has 0 heterocycles. The number of ether oxygens (including phenoxy) is 1. The van der Waals surface area contributed by atoms with Crippen LogP contribution in [-0.2, 0) is 4.74 Å². The summed E-state index contributed by atoms with van der Waals surface area (Å²) in [6.07, 6.45) is 2.30. The van der Waals surface area contributed by atoms with Gasteiger partial charge in [-0.3, -0.25) is 4.79 Å². The maximum atomic E-state index is 12.3. The second-order valence-corrected chi connectivity index (χ2v) is 5.35. The summed E-state index contributed by atoms with van der Waals surface area (Å²) in [5, 5.41) is -0.260. The molecule has 0 aliphatic heterocycles. The highest BCUT2D eigenvalue weighted by Gasteiger charge is 2.21. The van der Waals surface area contributed by atoms with Crippen molar-refractivity contribution in [2.75, 3.05) is 6.61 Å². The Labute approximate surface area is 117 Å². The average Bonchev–Trinajstić information content (AvgIpc) is 2.39. The number of hydrogen-bond donors (Lipinski definition) is 0. The molecule has 0 radical (unpaired) electrons. The SMILES string of the molecule is C=CCC(SC(=S)OCC)C(=O)c1ccccc1.